The summed E-state index contributed by atoms with van der Waals surface area (Å²) in [6.45, 7) is 11.2. The summed E-state index contributed by atoms with van der Waals surface area (Å²) in [5, 5.41) is 3.35. The summed E-state index contributed by atoms with van der Waals surface area (Å²) < 4.78 is 5.49. The molecule has 2 nitrogen and oxygen atoms in total. The first kappa shape index (κ1) is 16.0. The van der Waals surface area contributed by atoms with Crippen molar-refractivity contribution in [1.82, 2.24) is 5.32 Å². The molecule has 0 amide bonds. The van der Waals surface area contributed by atoms with Gasteiger partial charge in [-0.3, -0.25) is 0 Å². The summed E-state index contributed by atoms with van der Waals surface area (Å²) in [6.07, 6.45) is 2.12. The Hall–Kier alpha value is -1.02. The maximum Gasteiger partial charge on any atom is 0.122 e. The molecule has 1 N–H and O–H groups in total. The van der Waals surface area contributed by atoms with E-state index in [4.69, 9.17) is 4.74 Å². The Morgan fingerprint density at radius 2 is 1.74 bits per heavy atom. The van der Waals surface area contributed by atoms with Gasteiger partial charge in [0.2, 0.25) is 0 Å². The third-order valence-corrected chi connectivity index (χ3v) is 3.84. The van der Waals surface area contributed by atoms with E-state index in [9.17, 15) is 0 Å². The van der Waals surface area contributed by atoms with Gasteiger partial charge in [-0.25, -0.2) is 0 Å². The number of hydrogen-bond acceptors (Lipinski definition) is 2. The van der Waals surface area contributed by atoms with E-state index < -0.39 is 0 Å². The van der Waals surface area contributed by atoms with Crippen LogP contribution in [0.1, 0.15) is 52.2 Å². The maximum absolute atomic E-state index is 5.49. The molecular formula is C17H29NO. The van der Waals surface area contributed by atoms with Crippen molar-refractivity contribution in [2.45, 2.75) is 58.4 Å². The molecule has 1 aromatic carbocycles. The van der Waals surface area contributed by atoms with Gasteiger partial charge in [-0.1, -0.05) is 32.9 Å². The van der Waals surface area contributed by atoms with Crippen LogP contribution in [0.15, 0.2) is 18.2 Å². The van der Waals surface area contributed by atoms with Crippen molar-refractivity contribution in [2.24, 2.45) is 0 Å². The van der Waals surface area contributed by atoms with E-state index in [1.165, 1.54) is 11.1 Å². The summed E-state index contributed by atoms with van der Waals surface area (Å²) in [7, 11) is 3.77. The van der Waals surface area contributed by atoms with Gasteiger partial charge in [-0.05, 0) is 56.3 Å². The van der Waals surface area contributed by atoms with Crippen molar-refractivity contribution < 1.29 is 4.74 Å². The Bertz CT molecular complexity index is 416. The number of aryl methyl sites for hydroxylation is 1. The van der Waals surface area contributed by atoms with Crippen LogP contribution in [0, 0.1) is 0 Å². The van der Waals surface area contributed by atoms with E-state index >= 15 is 0 Å². The van der Waals surface area contributed by atoms with E-state index in [2.05, 4.69) is 58.1 Å². The third kappa shape index (κ3) is 4.54. The molecule has 0 heterocycles. The first-order chi connectivity index (χ1) is 8.69. The summed E-state index contributed by atoms with van der Waals surface area (Å²) in [5.41, 5.74) is 3.01. The molecule has 108 valence electrons. The molecule has 0 bridgehead atoms. The van der Waals surface area contributed by atoms with E-state index in [1.807, 2.05) is 7.05 Å². The number of methoxy groups -OCH3 is 1. The normalized spacial score (nSPS) is 12.6. The van der Waals surface area contributed by atoms with Crippen molar-refractivity contribution in [2.75, 3.05) is 14.2 Å². The van der Waals surface area contributed by atoms with E-state index in [1.54, 1.807) is 7.11 Å². The van der Waals surface area contributed by atoms with Gasteiger partial charge in [0, 0.05) is 5.54 Å². The Morgan fingerprint density at radius 1 is 1.11 bits per heavy atom. The minimum Gasteiger partial charge on any atom is -0.496 e. The van der Waals surface area contributed by atoms with Crippen molar-refractivity contribution in [3.8, 4) is 5.75 Å². The second-order valence-electron chi connectivity index (χ2n) is 6.91. The van der Waals surface area contributed by atoms with Crippen LogP contribution in [0.3, 0.4) is 0 Å². The Kier molecular flexibility index (Phi) is 5.03. The third-order valence-electron chi connectivity index (χ3n) is 3.84. The zero-order valence-corrected chi connectivity index (χ0v) is 13.6. The topological polar surface area (TPSA) is 21.3 Å². The molecule has 1 aromatic rings. The molecule has 0 aliphatic heterocycles. The van der Waals surface area contributed by atoms with Gasteiger partial charge >= 0.3 is 0 Å². The summed E-state index contributed by atoms with van der Waals surface area (Å²) >= 11 is 0. The van der Waals surface area contributed by atoms with Crippen molar-refractivity contribution in [1.29, 1.82) is 0 Å². The van der Waals surface area contributed by atoms with E-state index in [0.29, 0.717) is 0 Å². The monoisotopic (exact) mass is 263 g/mol. The molecule has 0 saturated carbocycles. The lowest BCUT2D eigenvalue weighted by molar-refractivity contribution is 0.381. The van der Waals surface area contributed by atoms with Gasteiger partial charge in [0.1, 0.15) is 5.75 Å². The first-order valence-corrected chi connectivity index (χ1v) is 7.06. The largest absolute Gasteiger partial charge is 0.496 e. The highest BCUT2D eigenvalue weighted by Gasteiger charge is 2.18. The zero-order valence-electron chi connectivity index (χ0n) is 13.6. The van der Waals surface area contributed by atoms with Crippen LogP contribution in [-0.2, 0) is 11.8 Å². The lowest BCUT2D eigenvalue weighted by Gasteiger charge is -2.25. The number of nitrogens with one attached hydrogen (secondary N) is 1. The molecule has 0 aromatic heterocycles. The minimum atomic E-state index is 0.156. The molecule has 1 rings (SSSR count). The molecule has 2 heteroatoms. The summed E-state index contributed by atoms with van der Waals surface area (Å²) in [5.74, 6) is 1.000. The Balaban J connectivity index is 2.97. The number of benzene rings is 1. The van der Waals surface area contributed by atoms with Gasteiger partial charge in [0.25, 0.3) is 0 Å². The molecule has 0 unspecified atom stereocenters. The molecule has 0 atom stereocenters. The second-order valence-corrected chi connectivity index (χ2v) is 6.91. The fraction of sp³-hybridized carbons (Fsp3) is 0.647. The van der Waals surface area contributed by atoms with Gasteiger partial charge in [-0.2, -0.15) is 0 Å². The van der Waals surface area contributed by atoms with E-state index in [0.717, 1.165) is 18.6 Å². The predicted octanol–water partition coefficient (Wildman–Crippen LogP) is 3.92. The molecule has 0 aliphatic rings. The molecular weight excluding hydrogens is 234 g/mol. The van der Waals surface area contributed by atoms with Crippen molar-refractivity contribution >= 4 is 0 Å². The van der Waals surface area contributed by atoms with Gasteiger partial charge in [0.05, 0.1) is 7.11 Å². The Morgan fingerprint density at radius 3 is 2.21 bits per heavy atom. The van der Waals surface area contributed by atoms with Crippen LogP contribution in [0.25, 0.3) is 0 Å². The predicted molar refractivity (Wildman–Crippen MR) is 83.2 cm³/mol. The van der Waals surface area contributed by atoms with Crippen LogP contribution < -0.4 is 10.1 Å². The number of ether oxygens (including phenoxy) is 1. The molecule has 0 radical (unpaired) electrons. The number of rotatable bonds is 5. The van der Waals surface area contributed by atoms with Crippen LogP contribution in [0.5, 0.6) is 5.75 Å². The van der Waals surface area contributed by atoms with Crippen LogP contribution >= 0.6 is 0 Å². The lowest BCUT2D eigenvalue weighted by Crippen LogP contribution is -2.36. The lowest BCUT2D eigenvalue weighted by atomic mass is 9.85. The average Bonchev–Trinajstić information content (AvgIpc) is 2.35. The molecule has 0 aliphatic carbocycles. The van der Waals surface area contributed by atoms with Crippen LogP contribution in [0.4, 0.5) is 0 Å². The maximum atomic E-state index is 5.49. The standard InChI is InChI=1S/C17H29NO/c1-16(2,3)14-8-9-15(19-7)13(12-14)10-11-17(4,5)18-6/h8-9,12,18H,10-11H2,1-7H3. The van der Waals surface area contributed by atoms with Crippen molar-refractivity contribution in [3.05, 3.63) is 29.3 Å². The summed E-state index contributed by atoms with van der Waals surface area (Å²) in [4.78, 5) is 0. The highest BCUT2D eigenvalue weighted by atomic mass is 16.5. The van der Waals surface area contributed by atoms with Crippen LogP contribution in [0.2, 0.25) is 0 Å². The van der Waals surface area contributed by atoms with Crippen LogP contribution in [-0.4, -0.2) is 19.7 Å². The highest BCUT2D eigenvalue weighted by Crippen LogP contribution is 2.29. The smallest absolute Gasteiger partial charge is 0.122 e. The van der Waals surface area contributed by atoms with Gasteiger partial charge in [-0.15, -0.1) is 0 Å². The number of hydrogen-bond donors (Lipinski definition) is 1. The SMILES string of the molecule is CNC(C)(C)CCc1cc(C(C)(C)C)ccc1OC. The Labute approximate surface area is 118 Å². The highest BCUT2D eigenvalue weighted by molar-refractivity contribution is 5.39. The zero-order chi connectivity index (χ0) is 14.7. The molecule has 19 heavy (non-hydrogen) atoms. The van der Waals surface area contributed by atoms with Gasteiger partial charge in [0.15, 0.2) is 0 Å². The fourth-order valence-electron chi connectivity index (χ4n) is 2.01. The first-order valence-electron chi connectivity index (χ1n) is 7.06. The van der Waals surface area contributed by atoms with Gasteiger partial charge < -0.3 is 10.1 Å². The average molecular weight is 263 g/mol. The molecule has 0 saturated heterocycles. The van der Waals surface area contributed by atoms with Crippen molar-refractivity contribution in [3.63, 3.8) is 0 Å². The summed E-state index contributed by atoms with van der Waals surface area (Å²) in [6, 6.07) is 6.57. The minimum absolute atomic E-state index is 0.156. The fourth-order valence-corrected chi connectivity index (χ4v) is 2.01. The second kappa shape index (κ2) is 5.96. The molecule has 0 fully saturated rings. The molecule has 0 spiro atoms. The van der Waals surface area contributed by atoms with E-state index in [-0.39, 0.29) is 11.0 Å². The quantitative estimate of drug-likeness (QED) is 0.869.